The maximum absolute atomic E-state index is 14.0. The van der Waals surface area contributed by atoms with E-state index in [0.29, 0.717) is 43.7 Å². The zero-order valence-electron chi connectivity index (χ0n) is 21.8. The third-order valence-corrected chi connectivity index (χ3v) is 8.12. The number of rotatable bonds is 7. The molecule has 1 atom stereocenters. The summed E-state index contributed by atoms with van der Waals surface area (Å²) in [4.78, 5) is 32.0. The Morgan fingerprint density at radius 3 is 2.58 bits per heavy atom. The highest BCUT2D eigenvalue weighted by molar-refractivity contribution is 9.10. The fourth-order valence-electron chi connectivity index (χ4n) is 4.55. The Balaban J connectivity index is 1.68. The van der Waals surface area contributed by atoms with Crippen molar-refractivity contribution in [3.63, 3.8) is 0 Å². The second-order valence-corrected chi connectivity index (χ2v) is 11.3. The van der Waals surface area contributed by atoms with Crippen molar-refractivity contribution >= 4 is 50.9 Å². The maximum atomic E-state index is 14.0. The summed E-state index contributed by atoms with van der Waals surface area (Å²) in [6, 6.07) is 19.7. The monoisotopic (exact) mass is 638 g/mol. The summed E-state index contributed by atoms with van der Waals surface area (Å²) >= 11 is 11.1. The molecular formula is C30H24BrClN2O5S. The predicted molar refractivity (Wildman–Crippen MR) is 159 cm³/mol. The number of aromatic nitrogens is 1. The van der Waals surface area contributed by atoms with E-state index in [4.69, 9.17) is 25.8 Å². The molecule has 1 aromatic heterocycles. The SMILES string of the molecule is COC(=O)C1=C(C)N=c2s/c(=C\c3cc(Br)ccc3OCc3ccccc3)c(=O)n2[C@H]1c1cc(Cl)ccc1OC. The Morgan fingerprint density at radius 1 is 1.10 bits per heavy atom. The second-order valence-electron chi connectivity index (χ2n) is 8.92. The number of carbonyl (C=O) groups is 1. The number of halogens is 2. The first-order chi connectivity index (χ1) is 19.3. The molecule has 0 spiro atoms. The second kappa shape index (κ2) is 11.8. The molecule has 5 rings (SSSR count). The van der Waals surface area contributed by atoms with Crippen LogP contribution in [0.5, 0.6) is 11.5 Å². The number of esters is 1. The molecule has 7 nitrogen and oxygen atoms in total. The maximum Gasteiger partial charge on any atom is 0.338 e. The lowest BCUT2D eigenvalue weighted by Gasteiger charge is -2.25. The fraction of sp³-hybridized carbons (Fsp3) is 0.167. The van der Waals surface area contributed by atoms with Gasteiger partial charge in [-0.05, 0) is 55.0 Å². The van der Waals surface area contributed by atoms with Gasteiger partial charge in [-0.3, -0.25) is 9.36 Å². The Morgan fingerprint density at radius 2 is 1.85 bits per heavy atom. The van der Waals surface area contributed by atoms with Gasteiger partial charge in [0, 0.05) is 20.6 Å². The van der Waals surface area contributed by atoms with Crippen molar-refractivity contribution < 1.29 is 19.0 Å². The molecule has 2 heterocycles. The van der Waals surface area contributed by atoms with E-state index in [-0.39, 0.29) is 11.1 Å². The van der Waals surface area contributed by atoms with Crippen molar-refractivity contribution in [1.29, 1.82) is 0 Å². The van der Waals surface area contributed by atoms with Gasteiger partial charge in [-0.1, -0.05) is 69.2 Å². The van der Waals surface area contributed by atoms with Crippen LogP contribution in [-0.4, -0.2) is 24.8 Å². The van der Waals surface area contributed by atoms with Crippen LogP contribution in [0.15, 0.2) is 92.3 Å². The van der Waals surface area contributed by atoms with Gasteiger partial charge in [-0.25, -0.2) is 9.79 Å². The Bertz CT molecular complexity index is 1810. The first-order valence-corrected chi connectivity index (χ1v) is 14.2. The van der Waals surface area contributed by atoms with E-state index in [9.17, 15) is 9.59 Å². The number of allylic oxidation sites excluding steroid dienone is 1. The third-order valence-electron chi connectivity index (χ3n) is 6.41. The van der Waals surface area contributed by atoms with Crippen LogP contribution in [0, 0.1) is 0 Å². The smallest absolute Gasteiger partial charge is 0.338 e. The van der Waals surface area contributed by atoms with Gasteiger partial charge in [-0.2, -0.15) is 0 Å². The number of ether oxygens (including phenoxy) is 3. The van der Waals surface area contributed by atoms with Crippen LogP contribution in [0.2, 0.25) is 5.02 Å². The van der Waals surface area contributed by atoms with E-state index < -0.39 is 12.0 Å². The lowest BCUT2D eigenvalue weighted by molar-refractivity contribution is -0.136. The molecule has 0 N–H and O–H groups in total. The van der Waals surface area contributed by atoms with Gasteiger partial charge in [-0.15, -0.1) is 0 Å². The van der Waals surface area contributed by atoms with Crippen molar-refractivity contribution in [3.05, 3.63) is 124 Å². The molecule has 1 aliphatic rings. The summed E-state index contributed by atoms with van der Waals surface area (Å²) in [5, 5.41) is 0.436. The number of fused-ring (bicyclic) bond motifs is 1. The molecule has 0 unspecified atom stereocenters. The summed E-state index contributed by atoms with van der Waals surface area (Å²) in [7, 11) is 2.82. The van der Waals surface area contributed by atoms with E-state index in [2.05, 4.69) is 20.9 Å². The third kappa shape index (κ3) is 5.50. The first-order valence-electron chi connectivity index (χ1n) is 12.2. The van der Waals surface area contributed by atoms with Crippen molar-refractivity contribution in [3.8, 4) is 11.5 Å². The van der Waals surface area contributed by atoms with Gasteiger partial charge in [0.2, 0.25) is 0 Å². The van der Waals surface area contributed by atoms with Crippen LogP contribution in [0.25, 0.3) is 6.08 Å². The van der Waals surface area contributed by atoms with Crippen LogP contribution in [0.4, 0.5) is 0 Å². The van der Waals surface area contributed by atoms with Crippen LogP contribution >= 0.6 is 38.9 Å². The predicted octanol–water partition coefficient (Wildman–Crippen LogP) is 5.41. The molecule has 0 saturated carbocycles. The molecule has 0 aliphatic carbocycles. The molecule has 4 aromatic rings. The zero-order valence-corrected chi connectivity index (χ0v) is 25.0. The number of methoxy groups -OCH3 is 2. The number of nitrogens with zero attached hydrogens (tertiary/aromatic N) is 2. The van der Waals surface area contributed by atoms with Crippen LogP contribution < -0.4 is 24.4 Å². The summed E-state index contributed by atoms with van der Waals surface area (Å²) < 4.78 is 19.6. The average Bonchev–Trinajstić information content (AvgIpc) is 3.25. The molecule has 0 amide bonds. The van der Waals surface area contributed by atoms with Crippen LogP contribution in [0.1, 0.15) is 29.7 Å². The molecule has 0 radical (unpaired) electrons. The molecule has 10 heteroatoms. The van der Waals surface area contributed by atoms with E-state index in [1.807, 2.05) is 48.5 Å². The number of benzene rings is 3. The Kier molecular flexibility index (Phi) is 8.25. The van der Waals surface area contributed by atoms with Crippen LogP contribution in [-0.2, 0) is 16.1 Å². The standard InChI is InChI=1S/C30H24BrClN2O5S/c1-17-26(29(36)38-3)27(22-15-21(32)10-12-24(22)37-2)34-28(35)25(40-30(34)33-17)14-19-13-20(31)9-11-23(19)39-16-18-7-5-4-6-8-18/h4-15,27H,16H2,1-3H3/b25-14-/t27-/m0/s1. The Hall–Kier alpha value is -3.66. The van der Waals surface area contributed by atoms with Crippen molar-refractivity contribution in [2.24, 2.45) is 4.99 Å². The summed E-state index contributed by atoms with van der Waals surface area (Å²) in [5.41, 5.74) is 2.65. The molecule has 204 valence electrons. The topological polar surface area (TPSA) is 79.1 Å². The van der Waals surface area contributed by atoms with E-state index >= 15 is 0 Å². The Labute approximate surface area is 247 Å². The normalized spacial score (nSPS) is 14.9. The lowest BCUT2D eigenvalue weighted by Crippen LogP contribution is -2.40. The lowest BCUT2D eigenvalue weighted by atomic mass is 9.95. The molecule has 1 aliphatic heterocycles. The minimum absolute atomic E-state index is 0.233. The number of thiazole rings is 1. The highest BCUT2D eigenvalue weighted by atomic mass is 79.9. The number of hydrogen-bond acceptors (Lipinski definition) is 7. The minimum Gasteiger partial charge on any atom is -0.496 e. The van der Waals surface area contributed by atoms with E-state index in [0.717, 1.165) is 15.6 Å². The van der Waals surface area contributed by atoms with Crippen molar-refractivity contribution in [2.75, 3.05) is 14.2 Å². The number of carbonyl (C=O) groups excluding carboxylic acids is 1. The minimum atomic E-state index is -0.851. The molecular weight excluding hydrogens is 616 g/mol. The highest BCUT2D eigenvalue weighted by Gasteiger charge is 2.35. The van der Waals surface area contributed by atoms with Gasteiger partial charge >= 0.3 is 5.97 Å². The molecule has 40 heavy (non-hydrogen) atoms. The van der Waals surface area contributed by atoms with E-state index in [1.54, 1.807) is 31.2 Å². The average molecular weight is 640 g/mol. The van der Waals surface area contributed by atoms with Gasteiger partial charge in [0.25, 0.3) is 5.56 Å². The van der Waals surface area contributed by atoms with E-state index in [1.165, 1.54) is 30.1 Å². The molecule has 0 bridgehead atoms. The van der Waals surface area contributed by atoms with Gasteiger partial charge in [0.15, 0.2) is 4.80 Å². The quantitative estimate of drug-likeness (QED) is 0.253. The summed E-state index contributed by atoms with van der Waals surface area (Å²) in [6.45, 7) is 2.10. The van der Waals surface area contributed by atoms with Crippen molar-refractivity contribution in [2.45, 2.75) is 19.6 Å². The van der Waals surface area contributed by atoms with Gasteiger partial charge in [0.05, 0.1) is 30.0 Å². The molecule has 0 fully saturated rings. The summed E-state index contributed by atoms with van der Waals surface area (Å²) in [5.74, 6) is 0.507. The number of hydrogen-bond donors (Lipinski definition) is 0. The first kappa shape index (κ1) is 27.9. The largest absolute Gasteiger partial charge is 0.496 e. The zero-order chi connectivity index (χ0) is 28.4. The highest BCUT2D eigenvalue weighted by Crippen LogP contribution is 2.37. The molecule has 3 aromatic carbocycles. The van der Waals surface area contributed by atoms with Crippen LogP contribution in [0.3, 0.4) is 0 Å². The summed E-state index contributed by atoms with van der Waals surface area (Å²) in [6.07, 6.45) is 1.78. The fourth-order valence-corrected chi connectivity index (χ4v) is 6.14. The van der Waals surface area contributed by atoms with Gasteiger partial charge < -0.3 is 14.2 Å². The van der Waals surface area contributed by atoms with Crippen molar-refractivity contribution in [1.82, 2.24) is 4.57 Å². The van der Waals surface area contributed by atoms with Gasteiger partial charge in [0.1, 0.15) is 24.1 Å². The molecule has 0 saturated heterocycles.